The maximum atomic E-state index is 13.4. The van der Waals surface area contributed by atoms with Crippen molar-refractivity contribution in [3.63, 3.8) is 0 Å². The van der Waals surface area contributed by atoms with E-state index in [2.05, 4.69) is 0 Å². The molecule has 0 radical (unpaired) electrons. The number of hydrogen-bond acceptors (Lipinski definition) is 5. The standard InChI is InChI=1S/C34H36F3NO6/c1-41-14-15-42-12-5-13-43-27-17-25(18-28(20-27)44-22-23-10-11-23)21-38-31-9-3-2-8-29(31)30(32(38)33(39)40)19-24-6-4-7-26(16-24)34(35,36)37/h2-4,6-9,16-18,20,23H,5,10-15,19,21-22H2,1H3,(H,39,40). The van der Waals surface area contributed by atoms with Gasteiger partial charge in [0.25, 0.3) is 0 Å². The summed E-state index contributed by atoms with van der Waals surface area (Å²) in [6.07, 6.45) is -1.51. The van der Waals surface area contributed by atoms with Gasteiger partial charge in [0.1, 0.15) is 17.2 Å². The fourth-order valence-electron chi connectivity index (χ4n) is 5.19. The van der Waals surface area contributed by atoms with Crippen LogP contribution in [-0.4, -0.2) is 55.8 Å². The highest BCUT2D eigenvalue weighted by molar-refractivity contribution is 5.98. The summed E-state index contributed by atoms with van der Waals surface area (Å²) in [4.78, 5) is 12.7. The second kappa shape index (κ2) is 14.2. The number of rotatable bonds is 16. The van der Waals surface area contributed by atoms with Gasteiger partial charge in [0.05, 0.1) is 32.0 Å². The third-order valence-electron chi connectivity index (χ3n) is 7.51. The minimum Gasteiger partial charge on any atom is -0.493 e. The first kappa shape index (κ1) is 31.4. The number of halogens is 3. The van der Waals surface area contributed by atoms with Crippen LogP contribution in [-0.2, 0) is 28.6 Å². The lowest BCUT2D eigenvalue weighted by Gasteiger charge is -2.15. The molecule has 1 fully saturated rings. The monoisotopic (exact) mass is 611 g/mol. The van der Waals surface area contributed by atoms with Gasteiger partial charge in [-0.25, -0.2) is 4.79 Å². The molecule has 0 unspecified atom stereocenters. The SMILES string of the molecule is COCCOCCCOc1cc(Cn2c(C(=O)O)c(Cc3cccc(C(F)(F)F)c3)c3ccccc32)cc(OCC2CC2)c1. The molecule has 1 heterocycles. The molecule has 7 nitrogen and oxygen atoms in total. The van der Waals surface area contributed by atoms with E-state index < -0.39 is 17.7 Å². The van der Waals surface area contributed by atoms with Crippen LogP contribution in [0.1, 0.15) is 52.0 Å². The Kier molecular flexibility index (Phi) is 10.1. The fraction of sp³-hybridized carbons (Fsp3) is 0.382. The first-order valence-electron chi connectivity index (χ1n) is 14.7. The first-order valence-corrected chi connectivity index (χ1v) is 14.7. The summed E-state index contributed by atoms with van der Waals surface area (Å²) < 4.78 is 64.5. The molecule has 44 heavy (non-hydrogen) atoms. The van der Waals surface area contributed by atoms with Crippen LogP contribution in [0, 0.1) is 5.92 Å². The predicted octanol–water partition coefficient (Wildman–Crippen LogP) is 7.22. The van der Waals surface area contributed by atoms with Crippen molar-refractivity contribution in [2.75, 3.05) is 40.1 Å². The Bertz CT molecular complexity index is 1580. The van der Waals surface area contributed by atoms with Crippen LogP contribution in [0.5, 0.6) is 11.5 Å². The molecule has 0 bridgehead atoms. The van der Waals surface area contributed by atoms with Crippen LogP contribution in [0.2, 0.25) is 0 Å². The minimum absolute atomic E-state index is 0.0311. The predicted molar refractivity (Wildman–Crippen MR) is 160 cm³/mol. The van der Waals surface area contributed by atoms with Gasteiger partial charge < -0.3 is 28.6 Å². The van der Waals surface area contributed by atoms with Gasteiger partial charge in [-0.2, -0.15) is 13.2 Å². The number of ether oxygens (including phenoxy) is 4. The Morgan fingerprint density at radius 3 is 2.41 bits per heavy atom. The molecule has 0 atom stereocenters. The molecule has 1 aliphatic rings. The highest BCUT2D eigenvalue weighted by Crippen LogP contribution is 2.34. The molecule has 1 N–H and O–H groups in total. The van der Waals surface area contributed by atoms with Crippen LogP contribution in [0.15, 0.2) is 66.7 Å². The third-order valence-corrected chi connectivity index (χ3v) is 7.51. The molecule has 0 saturated heterocycles. The maximum absolute atomic E-state index is 13.4. The second-order valence-corrected chi connectivity index (χ2v) is 11.0. The molecule has 1 aliphatic carbocycles. The lowest BCUT2D eigenvalue weighted by molar-refractivity contribution is -0.137. The van der Waals surface area contributed by atoms with Gasteiger partial charge in [0.15, 0.2) is 0 Å². The van der Waals surface area contributed by atoms with Gasteiger partial charge in [-0.15, -0.1) is 0 Å². The zero-order valence-electron chi connectivity index (χ0n) is 24.6. The molecule has 1 aromatic heterocycles. The molecule has 234 valence electrons. The third kappa shape index (κ3) is 8.12. The Balaban J connectivity index is 1.45. The zero-order chi connectivity index (χ0) is 31.1. The van der Waals surface area contributed by atoms with Crippen molar-refractivity contribution in [2.24, 2.45) is 5.92 Å². The summed E-state index contributed by atoms with van der Waals surface area (Å²) in [7, 11) is 1.62. The molecule has 5 rings (SSSR count). The van der Waals surface area contributed by atoms with Crippen LogP contribution >= 0.6 is 0 Å². The Hall–Kier alpha value is -4.02. The van der Waals surface area contributed by atoms with Crippen molar-refractivity contribution in [2.45, 2.75) is 38.4 Å². The zero-order valence-corrected chi connectivity index (χ0v) is 24.6. The quantitative estimate of drug-likeness (QED) is 0.135. The number of benzene rings is 3. The van der Waals surface area contributed by atoms with Crippen LogP contribution in [0.3, 0.4) is 0 Å². The Labute approximate surface area is 254 Å². The van der Waals surface area contributed by atoms with Gasteiger partial charge in [-0.1, -0.05) is 36.4 Å². The van der Waals surface area contributed by atoms with E-state index in [1.54, 1.807) is 29.9 Å². The van der Waals surface area contributed by atoms with Gasteiger partial charge >= 0.3 is 12.1 Å². The van der Waals surface area contributed by atoms with Crippen molar-refractivity contribution >= 4 is 16.9 Å². The number of methoxy groups -OCH3 is 1. The summed E-state index contributed by atoms with van der Waals surface area (Å²) >= 11 is 0. The van der Waals surface area contributed by atoms with Crippen molar-refractivity contribution in [3.05, 3.63) is 94.7 Å². The van der Waals surface area contributed by atoms with E-state index in [0.717, 1.165) is 30.5 Å². The van der Waals surface area contributed by atoms with E-state index in [1.807, 2.05) is 30.3 Å². The first-order chi connectivity index (χ1) is 21.2. The normalized spacial score (nSPS) is 13.4. The highest BCUT2D eigenvalue weighted by Gasteiger charge is 2.31. The summed E-state index contributed by atoms with van der Waals surface area (Å²) in [6.45, 7) is 2.79. The van der Waals surface area contributed by atoms with Crippen LogP contribution in [0.25, 0.3) is 10.9 Å². The number of carboxylic acid groups (broad SMARTS) is 1. The molecule has 0 spiro atoms. The van der Waals surface area contributed by atoms with Crippen molar-refractivity contribution < 1.29 is 42.0 Å². The Morgan fingerprint density at radius 1 is 0.909 bits per heavy atom. The summed E-state index contributed by atoms with van der Waals surface area (Å²) in [6, 6.07) is 17.8. The highest BCUT2D eigenvalue weighted by atomic mass is 19.4. The van der Waals surface area contributed by atoms with E-state index in [9.17, 15) is 23.1 Å². The molecule has 4 aromatic rings. The van der Waals surface area contributed by atoms with Crippen molar-refractivity contribution in [1.29, 1.82) is 0 Å². The number of para-hydroxylation sites is 1. The minimum atomic E-state index is -4.50. The van der Waals surface area contributed by atoms with E-state index in [0.29, 0.717) is 78.9 Å². The molecule has 0 aliphatic heterocycles. The van der Waals surface area contributed by atoms with E-state index >= 15 is 0 Å². The number of carbonyl (C=O) groups is 1. The van der Waals surface area contributed by atoms with Crippen LogP contribution < -0.4 is 9.47 Å². The number of aromatic carboxylic acids is 1. The smallest absolute Gasteiger partial charge is 0.416 e. The van der Waals surface area contributed by atoms with Gasteiger partial charge in [0.2, 0.25) is 0 Å². The van der Waals surface area contributed by atoms with Gasteiger partial charge in [-0.05, 0) is 59.7 Å². The largest absolute Gasteiger partial charge is 0.493 e. The fourth-order valence-corrected chi connectivity index (χ4v) is 5.19. The number of hydrogen-bond donors (Lipinski definition) is 1. The molecular weight excluding hydrogens is 575 g/mol. The van der Waals surface area contributed by atoms with E-state index in [4.69, 9.17) is 18.9 Å². The number of aromatic nitrogens is 1. The molecule has 0 amide bonds. The number of nitrogens with zero attached hydrogens (tertiary/aromatic N) is 1. The van der Waals surface area contributed by atoms with Gasteiger partial charge in [0, 0.05) is 50.1 Å². The van der Waals surface area contributed by atoms with E-state index in [-0.39, 0.29) is 18.7 Å². The molecule has 10 heteroatoms. The van der Waals surface area contributed by atoms with Gasteiger partial charge in [-0.3, -0.25) is 0 Å². The number of alkyl halides is 3. The lowest BCUT2D eigenvalue weighted by Crippen LogP contribution is -2.12. The number of carboxylic acids is 1. The maximum Gasteiger partial charge on any atom is 0.416 e. The number of fused-ring (bicyclic) bond motifs is 1. The summed E-state index contributed by atoms with van der Waals surface area (Å²) in [5, 5.41) is 11.1. The van der Waals surface area contributed by atoms with Crippen molar-refractivity contribution in [3.8, 4) is 11.5 Å². The van der Waals surface area contributed by atoms with Crippen molar-refractivity contribution in [1.82, 2.24) is 4.57 Å². The average molecular weight is 612 g/mol. The summed E-state index contributed by atoms with van der Waals surface area (Å²) in [5.41, 5.74) is 1.54. The Morgan fingerprint density at radius 2 is 1.68 bits per heavy atom. The molecule has 3 aromatic carbocycles. The second-order valence-electron chi connectivity index (χ2n) is 11.0. The lowest BCUT2D eigenvalue weighted by atomic mass is 10.00. The van der Waals surface area contributed by atoms with E-state index in [1.165, 1.54) is 6.07 Å². The topological polar surface area (TPSA) is 79.2 Å². The summed E-state index contributed by atoms with van der Waals surface area (Å²) in [5.74, 6) is 0.618. The van der Waals surface area contributed by atoms with Crippen LogP contribution in [0.4, 0.5) is 13.2 Å². The molecule has 1 saturated carbocycles. The average Bonchev–Trinajstić information content (AvgIpc) is 3.78. The molecular formula is C34H36F3NO6.